The standard InChI is InChI=1S/C8H15F3O2/c1-6(5-12)3-4-7(2,13)8(9,10)11/h6,12-13H,3-5H2,1-2H3. The summed E-state index contributed by atoms with van der Waals surface area (Å²) in [5.74, 6) is -0.214. The van der Waals surface area contributed by atoms with E-state index >= 15 is 0 Å². The van der Waals surface area contributed by atoms with Crippen molar-refractivity contribution < 1.29 is 23.4 Å². The molecule has 2 unspecified atom stereocenters. The molecule has 0 rings (SSSR count). The molecule has 0 bridgehead atoms. The number of hydrogen-bond acceptors (Lipinski definition) is 2. The lowest BCUT2D eigenvalue weighted by Gasteiger charge is -2.27. The lowest BCUT2D eigenvalue weighted by molar-refractivity contribution is -0.256. The molecule has 0 spiro atoms. The van der Waals surface area contributed by atoms with Gasteiger partial charge in [-0.2, -0.15) is 13.2 Å². The van der Waals surface area contributed by atoms with Crippen molar-refractivity contribution in [3.63, 3.8) is 0 Å². The van der Waals surface area contributed by atoms with E-state index in [0.29, 0.717) is 0 Å². The van der Waals surface area contributed by atoms with Crippen molar-refractivity contribution in [3.8, 4) is 0 Å². The van der Waals surface area contributed by atoms with Crippen LogP contribution < -0.4 is 0 Å². The van der Waals surface area contributed by atoms with E-state index in [1.165, 1.54) is 0 Å². The Labute approximate surface area is 75.4 Å². The van der Waals surface area contributed by atoms with Gasteiger partial charge in [0.25, 0.3) is 0 Å². The first kappa shape index (κ1) is 12.7. The van der Waals surface area contributed by atoms with E-state index < -0.39 is 11.8 Å². The van der Waals surface area contributed by atoms with Crippen molar-refractivity contribution in [1.82, 2.24) is 0 Å². The Bertz CT molecular complexity index is 154. The van der Waals surface area contributed by atoms with Gasteiger partial charge in [-0.15, -0.1) is 0 Å². The molecule has 0 amide bonds. The molecule has 80 valence electrons. The highest BCUT2D eigenvalue weighted by atomic mass is 19.4. The first-order chi connectivity index (χ1) is 5.70. The summed E-state index contributed by atoms with van der Waals surface area (Å²) < 4.78 is 36.2. The number of aliphatic hydroxyl groups excluding tert-OH is 1. The molecular formula is C8H15F3O2. The zero-order valence-corrected chi connectivity index (χ0v) is 7.73. The normalized spacial score (nSPS) is 19.6. The number of aliphatic hydroxyl groups is 2. The van der Waals surface area contributed by atoms with Crippen molar-refractivity contribution >= 4 is 0 Å². The van der Waals surface area contributed by atoms with Crippen LogP contribution in [0.3, 0.4) is 0 Å². The summed E-state index contributed by atoms with van der Waals surface area (Å²) in [6.07, 6.45) is -4.82. The second-order valence-corrected chi connectivity index (χ2v) is 3.60. The summed E-state index contributed by atoms with van der Waals surface area (Å²) in [6, 6.07) is 0. The molecule has 0 aromatic carbocycles. The van der Waals surface area contributed by atoms with E-state index in [1.807, 2.05) is 0 Å². The highest BCUT2D eigenvalue weighted by Crippen LogP contribution is 2.34. The van der Waals surface area contributed by atoms with Gasteiger partial charge in [0, 0.05) is 6.61 Å². The quantitative estimate of drug-likeness (QED) is 0.725. The van der Waals surface area contributed by atoms with Crippen LogP contribution in [0.25, 0.3) is 0 Å². The van der Waals surface area contributed by atoms with Gasteiger partial charge in [0.15, 0.2) is 5.60 Å². The number of rotatable bonds is 4. The average Bonchev–Trinajstić information content (AvgIpc) is 1.98. The maximum atomic E-state index is 12.1. The topological polar surface area (TPSA) is 40.5 Å². The van der Waals surface area contributed by atoms with Crippen molar-refractivity contribution in [2.24, 2.45) is 5.92 Å². The smallest absolute Gasteiger partial charge is 0.396 e. The number of alkyl halides is 3. The molecule has 0 saturated carbocycles. The Morgan fingerprint density at radius 2 is 1.77 bits per heavy atom. The number of halogens is 3. The van der Waals surface area contributed by atoms with E-state index in [0.717, 1.165) is 6.92 Å². The van der Waals surface area contributed by atoms with Gasteiger partial charge in [0.05, 0.1) is 0 Å². The van der Waals surface area contributed by atoms with Gasteiger partial charge in [-0.3, -0.25) is 0 Å². The van der Waals surface area contributed by atoms with E-state index in [1.54, 1.807) is 6.92 Å². The maximum absolute atomic E-state index is 12.1. The van der Waals surface area contributed by atoms with Gasteiger partial charge in [-0.25, -0.2) is 0 Å². The first-order valence-electron chi connectivity index (χ1n) is 4.10. The van der Waals surface area contributed by atoms with Crippen LogP contribution in [0.1, 0.15) is 26.7 Å². The van der Waals surface area contributed by atoms with Crippen LogP contribution in [-0.2, 0) is 0 Å². The fourth-order valence-corrected chi connectivity index (χ4v) is 0.760. The van der Waals surface area contributed by atoms with E-state index in [4.69, 9.17) is 10.2 Å². The number of hydrogen-bond donors (Lipinski definition) is 2. The molecule has 0 fully saturated rings. The Kier molecular flexibility index (Phi) is 4.19. The van der Waals surface area contributed by atoms with E-state index in [-0.39, 0.29) is 25.4 Å². The first-order valence-corrected chi connectivity index (χ1v) is 4.10. The lowest BCUT2D eigenvalue weighted by Crippen LogP contribution is -2.42. The van der Waals surface area contributed by atoms with Crippen LogP contribution in [0.2, 0.25) is 0 Å². The largest absolute Gasteiger partial charge is 0.416 e. The molecule has 0 aliphatic carbocycles. The molecule has 0 aliphatic heterocycles. The fraction of sp³-hybridized carbons (Fsp3) is 1.00. The Balaban J connectivity index is 4.04. The van der Waals surface area contributed by atoms with Gasteiger partial charge in [-0.1, -0.05) is 6.92 Å². The van der Waals surface area contributed by atoms with Gasteiger partial charge >= 0.3 is 6.18 Å². The molecule has 0 aromatic rings. The van der Waals surface area contributed by atoms with Crippen molar-refractivity contribution in [1.29, 1.82) is 0 Å². The van der Waals surface area contributed by atoms with Crippen LogP contribution >= 0.6 is 0 Å². The molecule has 13 heavy (non-hydrogen) atoms. The highest BCUT2D eigenvalue weighted by Gasteiger charge is 2.49. The Hall–Kier alpha value is -0.290. The third-order valence-electron chi connectivity index (χ3n) is 2.05. The minimum absolute atomic E-state index is 0.156. The minimum Gasteiger partial charge on any atom is -0.396 e. The Morgan fingerprint density at radius 1 is 1.31 bits per heavy atom. The van der Waals surface area contributed by atoms with Crippen molar-refractivity contribution in [2.45, 2.75) is 38.5 Å². The average molecular weight is 200 g/mol. The van der Waals surface area contributed by atoms with Crippen molar-refractivity contribution in [2.75, 3.05) is 6.61 Å². The lowest BCUT2D eigenvalue weighted by atomic mass is 9.94. The fourth-order valence-electron chi connectivity index (χ4n) is 0.760. The highest BCUT2D eigenvalue weighted by molar-refractivity contribution is 4.81. The molecule has 0 aliphatic rings. The zero-order chi connectivity index (χ0) is 10.7. The second-order valence-electron chi connectivity index (χ2n) is 3.60. The maximum Gasteiger partial charge on any atom is 0.416 e. The van der Waals surface area contributed by atoms with Crippen LogP contribution in [0.15, 0.2) is 0 Å². The van der Waals surface area contributed by atoms with Gasteiger partial charge in [0.2, 0.25) is 0 Å². The predicted octanol–water partition coefficient (Wildman–Crippen LogP) is 1.71. The van der Waals surface area contributed by atoms with Crippen LogP contribution in [0.5, 0.6) is 0 Å². The summed E-state index contributed by atoms with van der Waals surface area (Å²) in [4.78, 5) is 0. The summed E-state index contributed by atoms with van der Waals surface area (Å²) in [6.45, 7) is 2.22. The molecule has 0 radical (unpaired) electrons. The third kappa shape index (κ3) is 3.95. The summed E-state index contributed by atoms with van der Waals surface area (Å²) in [5.41, 5.74) is -2.64. The SMILES string of the molecule is CC(CO)CCC(C)(O)C(F)(F)F. The zero-order valence-electron chi connectivity index (χ0n) is 7.73. The molecule has 0 saturated heterocycles. The molecule has 2 N–H and O–H groups in total. The molecular weight excluding hydrogens is 185 g/mol. The molecule has 5 heteroatoms. The van der Waals surface area contributed by atoms with E-state index in [9.17, 15) is 13.2 Å². The van der Waals surface area contributed by atoms with Crippen LogP contribution in [0.4, 0.5) is 13.2 Å². The van der Waals surface area contributed by atoms with Gasteiger partial charge in [-0.05, 0) is 25.7 Å². The van der Waals surface area contributed by atoms with Gasteiger partial charge < -0.3 is 10.2 Å². The molecule has 0 aromatic heterocycles. The van der Waals surface area contributed by atoms with Crippen LogP contribution in [-0.4, -0.2) is 28.6 Å². The summed E-state index contributed by atoms with van der Waals surface area (Å²) in [7, 11) is 0. The second kappa shape index (κ2) is 4.28. The van der Waals surface area contributed by atoms with Gasteiger partial charge in [0.1, 0.15) is 0 Å². The minimum atomic E-state index is -4.60. The summed E-state index contributed by atoms with van der Waals surface area (Å²) in [5, 5.41) is 17.6. The Morgan fingerprint density at radius 3 is 2.08 bits per heavy atom. The molecule has 0 heterocycles. The third-order valence-corrected chi connectivity index (χ3v) is 2.05. The molecule has 2 nitrogen and oxygen atoms in total. The summed E-state index contributed by atoms with van der Waals surface area (Å²) >= 11 is 0. The molecule has 2 atom stereocenters. The van der Waals surface area contributed by atoms with E-state index in [2.05, 4.69) is 0 Å². The predicted molar refractivity (Wildman–Crippen MR) is 42.2 cm³/mol. The van der Waals surface area contributed by atoms with Crippen LogP contribution in [0, 0.1) is 5.92 Å². The van der Waals surface area contributed by atoms with Crippen molar-refractivity contribution in [3.05, 3.63) is 0 Å². The monoisotopic (exact) mass is 200 g/mol.